The van der Waals surface area contributed by atoms with Crippen LogP contribution in [-0.2, 0) is 4.79 Å². The van der Waals surface area contributed by atoms with E-state index in [4.69, 9.17) is 0 Å². The molecule has 5 heteroatoms. The van der Waals surface area contributed by atoms with Gasteiger partial charge < -0.3 is 0 Å². The van der Waals surface area contributed by atoms with Gasteiger partial charge in [-0.15, -0.1) is 0 Å². The topological polar surface area (TPSA) is 26.8 Å². The Morgan fingerprint density at radius 3 is 2.21 bits per heavy atom. The molecule has 1 amide bonds. The number of benzene rings is 2. The molecule has 1 fully saturated rings. The Hall–Kier alpha value is -2.36. The number of rotatable bonds is 3. The minimum absolute atomic E-state index is 0.0332. The van der Waals surface area contributed by atoms with Crippen molar-refractivity contribution in [3.8, 4) is 0 Å². The van der Waals surface area contributed by atoms with Crippen molar-refractivity contribution in [2.24, 2.45) is 0 Å². The Morgan fingerprint density at radius 2 is 1.62 bits per heavy atom. The van der Waals surface area contributed by atoms with E-state index < -0.39 is 0 Å². The molecule has 3 rings (SSSR count). The summed E-state index contributed by atoms with van der Waals surface area (Å²) in [5, 5.41) is 0. The van der Waals surface area contributed by atoms with Crippen LogP contribution in [0.3, 0.4) is 0 Å². The van der Waals surface area contributed by atoms with Gasteiger partial charge in [-0.2, -0.15) is 0 Å². The molecule has 2 aromatic carbocycles. The molecule has 0 saturated carbocycles. The molecule has 4 nitrogen and oxygen atoms in total. The van der Waals surface area contributed by atoms with E-state index >= 15 is 0 Å². The van der Waals surface area contributed by atoms with Crippen LogP contribution in [0, 0.1) is 0 Å². The molecular formula is C19H19N3OSe. The van der Waals surface area contributed by atoms with Gasteiger partial charge in [-0.25, -0.2) is 0 Å². The summed E-state index contributed by atoms with van der Waals surface area (Å²) in [6.45, 7) is 0. The zero-order valence-corrected chi connectivity index (χ0v) is 15.6. The number of hydrogen-bond donors (Lipinski definition) is 0. The number of carbonyl (C=O) groups is 1. The third-order valence-electron chi connectivity index (χ3n) is 3.99. The van der Waals surface area contributed by atoms with E-state index in [0.717, 1.165) is 21.6 Å². The summed E-state index contributed by atoms with van der Waals surface area (Å²) < 4.78 is 0.780. The van der Waals surface area contributed by atoms with Crippen LogP contribution >= 0.6 is 0 Å². The second kappa shape index (κ2) is 6.63. The van der Waals surface area contributed by atoms with Crippen LogP contribution in [0.1, 0.15) is 5.56 Å². The fraction of sp³-hybridized carbons (Fsp3) is 0.158. The van der Waals surface area contributed by atoms with Crippen LogP contribution < -0.4 is 9.80 Å². The third kappa shape index (κ3) is 3.01. The molecule has 0 bridgehead atoms. The first kappa shape index (κ1) is 16.5. The van der Waals surface area contributed by atoms with Crippen LogP contribution in [0.25, 0.3) is 6.08 Å². The SMILES string of the molecule is CN1C(=[Se])N(c2ccccc2)C(=O)C1=Cc1ccc(N(C)C)cc1. The molecule has 122 valence electrons. The van der Waals surface area contributed by atoms with Crippen LogP contribution in [-0.4, -0.2) is 52.2 Å². The van der Waals surface area contributed by atoms with Gasteiger partial charge in [0, 0.05) is 0 Å². The summed E-state index contributed by atoms with van der Waals surface area (Å²) in [6, 6.07) is 17.8. The Morgan fingerprint density at radius 1 is 1.00 bits per heavy atom. The van der Waals surface area contributed by atoms with Gasteiger partial charge in [-0.3, -0.25) is 0 Å². The first-order valence-corrected chi connectivity index (χ1v) is 8.51. The van der Waals surface area contributed by atoms with Crippen molar-refractivity contribution < 1.29 is 4.79 Å². The van der Waals surface area contributed by atoms with Crippen molar-refractivity contribution in [3.63, 3.8) is 0 Å². The second-order valence-corrected chi connectivity index (χ2v) is 6.60. The molecular weight excluding hydrogens is 365 g/mol. The summed E-state index contributed by atoms with van der Waals surface area (Å²) in [4.78, 5) is 18.5. The molecule has 2 aromatic rings. The maximum absolute atomic E-state index is 12.9. The van der Waals surface area contributed by atoms with Crippen molar-refractivity contribution >= 4 is 43.6 Å². The minimum atomic E-state index is -0.0332. The van der Waals surface area contributed by atoms with Crippen LogP contribution in [0.2, 0.25) is 0 Å². The number of hydrogen-bond acceptors (Lipinski definition) is 3. The average Bonchev–Trinajstić information content (AvgIpc) is 2.80. The van der Waals surface area contributed by atoms with Crippen LogP contribution in [0.5, 0.6) is 0 Å². The van der Waals surface area contributed by atoms with E-state index in [-0.39, 0.29) is 5.91 Å². The fourth-order valence-electron chi connectivity index (χ4n) is 2.59. The van der Waals surface area contributed by atoms with E-state index in [1.807, 2.05) is 91.6 Å². The summed E-state index contributed by atoms with van der Waals surface area (Å²) in [5.41, 5.74) is 3.63. The van der Waals surface area contributed by atoms with Gasteiger partial charge in [-0.1, -0.05) is 0 Å². The fourth-order valence-corrected chi connectivity index (χ4v) is 3.19. The number of nitrogens with zero attached hydrogens (tertiary/aromatic N) is 3. The Kier molecular flexibility index (Phi) is 4.56. The first-order valence-electron chi connectivity index (χ1n) is 7.65. The van der Waals surface area contributed by atoms with E-state index in [1.54, 1.807) is 4.90 Å². The van der Waals surface area contributed by atoms with Crippen molar-refractivity contribution in [2.75, 3.05) is 30.9 Å². The summed E-state index contributed by atoms with van der Waals surface area (Å²) in [5.74, 6) is -0.0332. The van der Waals surface area contributed by atoms with E-state index in [1.165, 1.54) is 0 Å². The number of amides is 1. The molecule has 0 spiro atoms. The van der Waals surface area contributed by atoms with Gasteiger partial charge in [-0.05, 0) is 0 Å². The maximum atomic E-state index is 12.9. The van der Waals surface area contributed by atoms with Crippen molar-refractivity contribution in [1.82, 2.24) is 4.90 Å². The molecule has 1 saturated heterocycles. The average molecular weight is 384 g/mol. The Bertz CT molecular complexity index is 797. The number of carbonyl (C=O) groups excluding carboxylic acids is 1. The van der Waals surface area contributed by atoms with Crippen LogP contribution in [0.15, 0.2) is 60.3 Å². The van der Waals surface area contributed by atoms with Gasteiger partial charge in [0.2, 0.25) is 0 Å². The number of para-hydroxylation sites is 1. The van der Waals surface area contributed by atoms with E-state index in [2.05, 4.69) is 15.6 Å². The Labute approximate surface area is 150 Å². The predicted octanol–water partition coefficient (Wildman–Crippen LogP) is 2.33. The number of likely N-dealkylation sites (N-methyl/N-ethyl adjacent to an activating group) is 1. The molecule has 0 N–H and O–H groups in total. The zero-order valence-electron chi connectivity index (χ0n) is 13.9. The first-order chi connectivity index (χ1) is 11.5. The molecule has 0 radical (unpaired) electrons. The second-order valence-electron chi connectivity index (χ2n) is 5.83. The molecule has 1 aliphatic rings. The van der Waals surface area contributed by atoms with Gasteiger partial charge in [0.05, 0.1) is 0 Å². The number of anilines is 2. The van der Waals surface area contributed by atoms with Gasteiger partial charge >= 0.3 is 150 Å². The molecule has 0 aliphatic carbocycles. The molecule has 1 aliphatic heterocycles. The van der Waals surface area contributed by atoms with E-state index in [0.29, 0.717) is 5.70 Å². The summed E-state index contributed by atoms with van der Waals surface area (Å²) in [7, 11) is 5.91. The molecule has 24 heavy (non-hydrogen) atoms. The van der Waals surface area contributed by atoms with E-state index in [9.17, 15) is 4.79 Å². The summed E-state index contributed by atoms with van der Waals surface area (Å²) in [6.07, 6.45) is 1.92. The van der Waals surface area contributed by atoms with Crippen molar-refractivity contribution in [3.05, 3.63) is 65.9 Å². The summed E-state index contributed by atoms with van der Waals surface area (Å²) >= 11 is 3.01. The monoisotopic (exact) mass is 385 g/mol. The predicted molar refractivity (Wildman–Crippen MR) is 101 cm³/mol. The van der Waals surface area contributed by atoms with Crippen LogP contribution in [0.4, 0.5) is 11.4 Å². The standard InChI is InChI=1S/C19H19N3OSe/c1-20(2)15-11-9-14(10-12-15)13-17-18(23)22(19(24)21(17)3)16-7-5-4-6-8-16/h4-13H,1-3H3. The molecule has 1 heterocycles. The normalized spacial score (nSPS) is 16.2. The van der Waals surface area contributed by atoms with Crippen molar-refractivity contribution in [2.45, 2.75) is 0 Å². The van der Waals surface area contributed by atoms with Crippen molar-refractivity contribution in [1.29, 1.82) is 0 Å². The quantitative estimate of drug-likeness (QED) is 0.601. The van der Waals surface area contributed by atoms with Gasteiger partial charge in [0.1, 0.15) is 0 Å². The van der Waals surface area contributed by atoms with Gasteiger partial charge in [0.25, 0.3) is 0 Å². The Balaban J connectivity index is 1.93. The molecule has 0 unspecified atom stereocenters. The third-order valence-corrected chi connectivity index (χ3v) is 4.95. The molecule has 0 aromatic heterocycles. The zero-order chi connectivity index (χ0) is 17.3. The molecule has 0 atom stereocenters. The van der Waals surface area contributed by atoms with Gasteiger partial charge in [0.15, 0.2) is 0 Å².